The molecule has 0 aliphatic rings. The Labute approximate surface area is 135 Å². The van der Waals surface area contributed by atoms with Gasteiger partial charge in [-0.25, -0.2) is 4.98 Å². The zero-order chi connectivity index (χ0) is 15.2. The zero-order valence-corrected chi connectivity index (χ0v) is 13.5. The topological polar surface area (TPSA) is 50.9 Å². The zero-order valence-electron chi connectivity index (χ0n) is 11.9. The second kappa shape index (κ2) is 7.64. The number of rotatable bonds is 6. The molecular weight excluding hydrogens is 305 g/mol. The molecule has 2 aromatic rings. The van der Waals surface area contributed by atoms with Gasteiger partial charge in [-0.2, -0.15) is 0 Å². The minimum atomic E-state index is 0.0380. The number of anilines is 1. The smallest absolute Gasteiger partial charge is 0.128 e. The molecule has 0 saturated heterocycles. The van der Waals surface area contributed by atoms with Crippen LogP contribution in [-0.2, 0) is 6.42 Å². The van der Waals surface area contributed by atoms with Crippen molar-refractivity contribution in [1.82, 2.24) is 10.3 Å². The average Bonchev–Trinajstić information content (AvgIpc) is 2.48. The number of hydrogen-bond acceptors (Lipinski definition) is 3. The molecule has 0 fully saturated rings. The van der Waals surface area contributed by atoms with E-state index in [1.54, 1.807) is 6.20 Å². The number of pyridine rings is 1. The van der Waals surface area contributed by atoms with Crippen LogP contribution in [0.15, 0.2) is 36.5 Å². The van der Waals surface area contributed by atoms with Crippen molar-refractivity contribution in [3.05, 3.63) is 57.7 Å². The summed E-state index contributed by atoms with van der Waals surface area (Å²) in [6.45, 7) is 3.01. The van der Waals surface area contributed by atoms with E-state index in [-0.39, 0.29) is 6.04 Å². The minimum Gasteiger partial charge on any atom is -0.383 e. The van der Waals surface area contributed by atoms with Gasteiger partial charge in [-0.15, -0.1) is 0 Å². The molecule has 112 valence electrons. The second-order valence-electron chi connectivity index (χ2n) is 4.93. The summed E-state index contributed by atoms with van der Waals surface area (Å²) in [5.41, 5.74) is 8.00. The summed E-state index contributed by atoms with van der Waals surface area (Å²) in [7, 11) is 0. The van der Waals surface area contributed by atoms with Crippen molar-refractivity contribution >= 4 is 29.0 Å². The van der Waals surface area contributed by atoms with Gasteiger partial charge in [0.2, 0.25) is 0 Å². The quantitative estimate of drug-likeness (QED) is 0.835. The van der Waals surface area contributed by atoms with Crippen molar-refractivity contribution < 1.29 is 0 Å². The molecular formula is C16H19Cl2N3. The van der Waals surface area contributed by atoms with Crippen LogP contribution in [0.5, 0.6) is 0 Å². The number of nitrogens with zero attached hydrogens (tertiary/aromatic N) is 1. The van der Waals surface area contributed by atoms with Crippen LogP contribution in [-0.4, -0.2) is 11.5 Å². The monoisotopic (exact) mass is 323 g/mol. The molecule has 0 spiro atoms. The molecule has 0 aliphatic carbocycles. The van der Waals surface area contributed by atoms with Crippen LogP contribution in [0.1, 0.15) is 30.5 Å². The van der Waals surface area contributed by atoms with Gasteiger partial charge in [0.05, 0.1) is 5.02 Å². The Hall–Kier alpha value is -1.29. The third-order valence-corrected chi connectivity index (χ3v) is 3.89. The molecule has 2 rings (SSSR count). The fourth-order valence-electron chi connectivity index (χ4n) is 2.24. The highest BCUT2D eigenvalue weighted by molar-refractivity contribution is 6.31. The summed E-state index contributed by atoms with van der Waals surface area (Å²) >= 11 is 12.3. The Morgan fingerprint density at radius 3 is 2.76 bits per heavy atom. The molecule has 0 amide bonds. The summed E-state index contributed by atoms with van der Waals surface area (Å²) in [5, 5.41) is 4.84. The van der Waals surface area contributed by atoms with Crippen molar-refractivity contribution in [2.24, 2.45) is 0 Å². The summed E-state index contributed by atoms with van der Waals surface area (Å²) in [4.78, 5) is 4.14. The highest BCUT2D eigenvalue weighted by Gasteiger charge is 2.17. The van der Waals surface area contributed by atoms with Crippen LogP contribution >= 0.6 is 23.2 Å². The van der Waals surface area contributed by atoms with Gasteiger partial charge >= 0.3 is 0 Å². The van der Waals surface area contributed by atoms with Gasteiger partial charge in [-0.1, -0.05) is 48.3 Å². The van der Waals surface area contributed by atoms with E-state index in [9.17, 15) is 0 Å². The number of benzene rings is 1. The Morgan fingerprint density at radius 2 is 2.05 bits per heavy atom. The van der Waals surface area contributed by atoms with Gasteiger partial charge in [0, 0.05) is 22.8 Å². The Bertz CT molecular complexity index is 602. The minimum absolute atomic E-state index is 0.0380. The number of halogens is 2. The van der Waals surface area contributed by atoms with Crippen LogP contribution < -0.4 is 11.1 Å². The van der Waals surface area contributed by atoms with Crippen molar-refractivity contribution in [3.63, 3.8) is 0 Å². The molecule has 1 unspecified atom stereocenters. The lowest BCUT2D eigenvalue weighted by Crippen LogP contribution is -2.25. The van der Waals surface area contributed by atoms with Crippen molar-refractivity contribution in [2.45, 2.75) is 25.8 Å². The molecule has 1 heterocycles. The maximum Gasteiger partial charge on any atom is 0.128 e. The van der Waals surface area contributed by atoms with Gasteiger partial charge < -0.3 is 11.1 Å². The number of hydrogen-bond donors (Lipinski definition) is 2. The van der Waals surface area contributed by atoms with Crippen LogP contribution in [0, 0.1) is 0 Å². The highest BCUT2D eigenvalue weighted by Crippen LogP contribution is 2.27. The summed E-state index contributed by atoms with van der Waals surface area (Å²) in [5.74, 6) is 0.500. The van der Waals surface area contributed by atoms with Gasteiger partial charge in [-0.05, 0) is 37.1 Å². The Kier molecular flexibility index (Phi) is 5.85. The van der Waals surface area contributed by atoms with E-state index in [1.165, 1.54) is 0 Å². The normalized spacial score (nSPS) is 12.3. The molecule has 1 atom stereocenters. The van der Waals surface area contributed by atoms with Crippen LogP contribution in [0.25, 0.3) is 0 Å². The highest BCUT2D eigenvalue weighted by atomic mass is 35.5. The first-order valence-corrected chi connectivity index (χ1v) is 7.75. The standard InChI is InChI=1S/C16H19Cl2N3/c1-2-7-20-15(8-11-5-3-4-6-14(11)18)13-9-12(17)10-21-16(13)19/h3-6,9-10,15,20H,2,7-8H2,1H3,(H2,19,21). The van der Waals surface area contributed by atoms with E-state index in [1.807, 2.05) is 30.3 Å². The lowest BCUT2D eigenvalue weighted by atomic mass is 9.99. The van der Waals surface area contributed by atoms with Gasteiger partial charge in [-0.3, -0.25) is 0 Å². The molecule has 0 saturated carbocycles. The predicted molar refractivity (Wildman–Crippen MR) is 89.9 cm³/mol. The van der Waals surface area contributed by atoms with Crippen LogP contribution in [0.2, 0.25) is 10.0 Å². The van der Waals surface area contributed by atoms with Crippen LogP contribution in [0.3, 0.4) is 0 Å². The Balaban J connectivity index is 2.30. The van der Waals surface area contributed by atoms with E-state index in [0.717, 1.165) is 35.5 Å². The van der Waals surface area contributed by atoms with E-state index in [4.69, 9.17) is 28.9 Å². The van der Waals surface area contributed by atoms with E-state index in [2.05, 4.69) is 17.2 Å². The van der Waals surface area contributed by atoms with Crippen molar-refractivity contribution in [3.8, 4) is 0 Å². The number of nitrogen functional groups attached to an aromatic ring is 1. The number of nitrogens with one attached hydrogen (secondary N) is 1. The predicted octanol–water partition coefficient (Wildman–Crippen LogP) is 4.25. The molecule has 1 aromatic heterocycles. The molecule has 5 heteroatoms. The first-order valence-electron chi connectivity index (χ1n) is 6.99. The van der Waals surface area contributed by atoms with E-state index >= 15 is 0 Å². The Morgan fingerprint density at radius 1 is 1.29 bits per heavy atom. The number of nitrogens with two attached hydrogens (primary N) is 1. The maximum absolute atomic E-state index is 6.26. The molecule has 21 heavy (non-hydrogen) atoms. The second-order valence-corrected chi connectivity index (χ2v) is 5.77. The summed E-state index contributed by atoms with van der Waals surface area (Å²) in [6.07, 6.45) is 3.34. The van der Waals surface area contributed by atoms with E-state index < -0.39 is 0 Å². The lowest BCUT2D eigenvalue weighted by molar-refractivity contribution is 0.529. The first kappa shape index (κ1) is 16.1. The summed E-state index contributed by atoms with van der Waals surface area (Å²) < 4.78 is 0. The van der Waals surface area contributed by atoms with Gasteiger partial charge in [0.15, 0.2) is 0 Å². The SMILES string of the molecule is CCCNC(Cc1ccccc1Cl)c1cc(Cl)cnc1N. The van der Waals surface area contributed by atoms with Crippen molar-refractivity contribution in [1.29, 1.82) is 0 Å². The molecule has 3 N–H and O–H groups in total. The number of aromatic nitrogens is 1. The maximum atomic E-state index is 6.26. The van der Waals surface area contributed by atoms with Gasteiger partial charge in [0.25, 0.3) is 0 Å². The fourth-order valence-corrected chi connectivity index (χ4v) is 2.62. The summed E-state index contributed by atoms with van der Waals surface area (Å²) in [6, 6.07) is 9.74. The van der Waals surface area contributed by atoms with E-state index in [0.29, 0.717) is 10.8 Å². The third kappa shape index (κ3) is 4.34. The molecule has 1 aromatic carbocycles. The lowest BCUT2D eigenvalue weighted by Gasteiger charge is -2.21. The molecule has 3 nitrogen and oxygen atoms in total. The van der Waals surface area contributed by atoms with Crippen LogP contribution in [0.4, 0.5) is 5.82 Å². The first-order chi connectivity index (χ1) is 10.1. The third-order valence-electron chi connectivity index (χ3n) is 3.31. The van der Waals surface area contributed by atoms with Crippen molar-refractivity contribution in [2.75, 3.05) is 12.3 Å². The van der Waals surface area contributed by atoms with Gasteiger partial charge in [0.1, 0.15) is 5.82 Å². The fraction of sp³-hybridized carbons (Fsp3) is 0.312. The molecule has 0 radical (unpaired) electrons. The largest absolute Gasteiger partial charge is 0.383 e. The molecule has 0 aliphatic heterocycles. The molecule has 0 bridgehead atoms. The average molecular weight is 324 g/mol.